The molecule has 1 saturated heterocycles. The first-order valence-corrected chi connectivity index (χ1v) is 9.48. The van der Waals surface area contributed by atoms with Crippen LogP contribution in [0, 0.1) is 0 Å². The highest BCUT2D eigenvalue weighted by molar-refractivity contribution is 5.81. The van der Waals surface area contributed by atoms with Crippen molar-refractivity contribution in [2.24, 2.45) is 0 Å². The highest BCUT2D eigenvalue weighted by Crippen LogP contribution is 2.38. The number of hydrogen-bond donors (Lipinski definition) is 2. The molecule has 0 radical (unpaired) electrons. The molecule has 1 unspecified atom stereocenters. The zero-order valence-corrected chi connectivity index (χ0v) is 16.2. The maximum Gasteiger partial charge on any atom is 0.416 e. The Kier molecular flexibility index (Phi) is 5.73. The molecule has 3 aromatic rings. The van der Waals surface area contributed by atoms with Gasteiger partial charge in [0.2, 0.25) is 5.95 Å². The molecule has 160 valence electrons. The molecule has 0 bridgehead atoms. The fourth-order valence-electron chi connectivity index (χ4n) is 3.42. The number of benzene rings is 1. The molecule has 2 aromatic heterocycles. The number of alkyl halides is 3. The van der Waals surface area contributed by atoms with Crippen molar-refractivity contribution < 1.29 is 22.6 Å². The summed E-state index contributed by atoms with van der Waals surface area (Å²) in [4.78, 5) is 0. The van der Waals surface area contributed by atoms with Crippen LogP contribution in [0.25, 0.3) is 16.8 Å². The third kappa shape index (κ3) is 4.17. The summed E-state index contributed by atoms with van der Waals surface area (Å²) in [6.45, 7) is 1.59. The molecule has 1 aromatic carbocycles. The molecule has 30 heavy (non-hydrogen) atoms. The van der Waals surface area contributed by atoms with Gasteiger partial charge in [-0.1, -0.05) is 0 Å². The predicted molar refractivity (Wildman–Crippen MR) is 103 cm³/mol. The number of anilines is 1. The van der Waals surface area contributed by atoms with Crippen LogP contribution in [-0.2, 0) is 10.9 Å². The second-order valence-corrected chi connectivity index (χ2v) is 6.95. The fourth-order valence-corrected chi connectivity index (χ4v) is 3.42. The Hall–Kier alpha value is -2.92. The van der Waals surface area contributed by atoms with E-state index in [2.05, 4.69) is 25.9 Å². The standard InChI is InChI=1S/C19H21F3N6O2/c1-29-11-30-16-9-12(19(20,21)22)4-5-14(16)17-15-6-8-24-28(15)18(27-26-17)25-13-3-2-7-23-10-13/h4-6,8-9,13,23H,2-3,7,10-11H2,1H3,(H,25,27). The fraction of sp³-hybridized carbons (Fsp3) is 0.421. The van der Waals surface area contributed by atoms with Gasteiger partial charge in [0.05, 0.1) is 17.3 Å². The van der Waals surface area contributed by atoms with Crippen molar-refractivity contribution in [2.75, 3.05) is 32.3 Å². The van der Waals surface area contributed by atoms with Gasteiger partial charge in [-0.2, -0.15) is 22.8 Å². The van der Waals surface area contributed by atoms with Gasteiger partial charge >= 0.3 is 6.18 Å². The van der Waals surface area contributed by atoms with Crippen LogP contribution in [-0.4, -0.2) is 52.8 Å². The quantitative estimate of drug-likeness (QED) is 0.591. The summed E-state index contributed by atoms with van der Waals surface area (Å²) in [6.07, 6.45) is -0.861. The maximum absolute atomic E-state index is 13.2. The minimum atomic E-state index is -4.50. The first kappa shape index (κ1) is 20.4. The van der Waals surface area contributed by atoms with Gasteiger partial charge in [0.15, 0.2) is 6.79 Å². The summed E-state index contributed by atoms with van der Waals surface area (Å²) in [5.41, 5.74) is 0.500. The molecule has 1 aliphatic heterocycles. The maximum atomic E-state index is 13.2. The second-order valence-electron chi connectivity index (χ2n) is 6.95. The zero-order valence-electron chi connectivity index (χ0n) is 16.2. The van der Waals surface area contributed by atoms with Crippen molar-refractivity contribution in [1.29, 1.82) is 0 Å². The number of nitrogens with one attached hydrogen (secondary N) is 2. The van der Waals surface area contributed by atoms with Crippen molar-refractivity contribution in [3.8, 4) is 17.0 Å². The molecule has 1 atom stereocenters. The molecule has 1 fully saturated rings. The lowest BCUT2D eigenvalue weighted by molar-refractivity contribution is -0.137. The first-order valence-electron chi connectivity index (χ1n) is 9.48. The molecule has 0 saturated carbocycles. The summed E-state index contributed by atoms with van der Waals surface area (Å²) in [5, 5.41) is 19.5. The average Bonchev–Trinajstić information content (AvgIpc) is 3.23. The van der Waals surface area contributed by atoms with Crippen LogP contribution in [0.2, 0.25) is 0 Å². The van der Waals surface area contributed by atoms with E-state index in [9.17, 15) is 13.2 Å². The summed E-state index contributed by atoms with van der Waals surface area (Å²) < 4.78 is 51.3. The highest BCUT2D eigenvalue weighted by Gasteiger charge is 2.32. The Labute approximate surface area is 170 Å². The number of aromatic nitrogens is 4. The summed E-state index contributed by atoms with van der Waals surface area (Å²) in [6, 6.07) is 5.17. The van der Waals surface area contributed by atoms with Crippen molar-refractivity contribution in [1.82, 2.24) is 25.1 Å². The molecular weight excluding hydrogens is 401 g/mol. The summed E-state index contributed by atoms with van der Waals surface area (Å²) >= 11 is 0. The number of nitrogens with zero attached hydrogens (tertiary/aromatic N) is 4. The van der Waals surface area contributed by atoms with Gasteiger partial charge < -0.3 is 20.1 Å². The van der Waals surface area contributed by atoms with Crippen LogP contribution < -0.4 is 15.4 Å². The van der Waals surface area contributed by atoms with Crippen molar-refractivity contribution in [3.63, 3.8) is 0 Å². The van der Waals surface area contributed by atoms with Gasteiger partial charge in [0.25, 0.3) is 0 Å². The lowest BCUT2D eigenvalue weighted by atomic mass is 10.1. The largest absolute Gasteiger partial charge is 0.467 e. The number of rotatable bonds is 6. The van der Waals surface area contributed by atoms with E-state index in [0.717, 1.165) is 38.1 Å². The van der Waals surface area contributed by atoms with Crippen LogP contribution >= 0.6 is 0 Å². The number of hydrogen-bond acceptors (Lipinski definition) is 7. The second kappa shape index (κ2) is 8.44. The Morgan fingerprint density at radius 3 is 2.87 bits per heavy atom. The molecule has 11 heteroatoms. The van der Waals surface area contributed by atoms with E-state index in [-0.39, 0.29) is 18.6 Å². The minimum absolute atomic E-state index is 0.00117. The molecule has 4 rings (SSSR count). The smallest absolute Gasteiger partial charge is 0.416 e. The molecule has 0 spiro atoms. The lowest BCUT2D eigenvalue weighted by Crippen LogP contribution is -2.39. The Bertz CT molecular complexity index is 1020. The molecular formula is C19H21F3N6O2. The number of methoxy groups -OCH3 is 1. The Balaban J connectivity index is 1.74. The number of fused-ring (bicyclic) bond motifs is 1. The van der Waals surface area contributed by atoms with E-state index in [4.69, 9.17) is 9.47 Å². The lowest BCUT2D eigenvalue weighted by Gasteiger charge is -2.24. The average molecular weight is 422 g/mol. The highest BCUT2D eigenvalue weighted by atomic mass is 19.4. The van der Waals surface area contributed by atoms with Crippen molar-refractivity contribution in [2.45, 2.75) is 25.1 Å². The van der Waals surface area contributed by atoms with Gasteiger partial charge in [0.1, 0.15) is 11.4 Å². The zero-order chi connectivity index (χ0) is 21.1. The van der Waals surface area contributed by atoms with Gasteiger partial charge in [-0.25, -0.2) is 0 Å². The van der Waals surface area contributed by atoms with Crippen LogP contribution in [0.3, 0.4) is 0 Å². The van der Waals surface area contributed by atoms with Crippen LogP contribution in [0.4, 0.5) is 19.1 Å². The van der Waals surface area contributed by atoms with E-state index in [1.807, 2.05) is 0 Å². The predicted octanol–water partition coefficient (Wildman–Crippen LogP) is 2.96. The van der Waals surface area contributed by atoms with Crippen molar-refractivity contribution >= 4 is 11.5 Å². The van der Waals surface area contributed by atoms with E-state index in [1.54, 1.807) is 16.8 Å². The summed E-state index contributed by atoms with van der Waals surface area (Å²) in [5.74, 6) is 0.472. The summed E-state index contributed by atoms with van der Waals surface area (Å²) in [7, 11) is 1.39. The van der Waals surface area contributed by atoms with Gasteiger partial charge in [-0.15, -0.1) is 10.2 Å². The Morgan fingerprint density at radius 2 is 2.13 bits per heavy atom. The van der Waals surface area contributed by atoms with E-state index < -0.39 is 11.7 Å². The van der Waals surface area contributed by atoms with Gasteiger partial charge in [-0.3, -0.25) is 0 Å². The molecule has 8 nitrogen and oxygen atoms in total. The molecule has 2 N–H and O–H groups in total. The molecule has 0 amide bonds. The van der Waals surface area contributed by atoms with E-state index in [1.165, 1.54) is 13.2 Å². The van der Waals surface area contributed by atoms with Gasteiger partial charge in [-0.05, 0) is 43.7 Å². The van der Waals surface area contributed by atoms with Crippen LogP contribution in [0.1, 0.15) is 18.4 Å². The van der Waals surface area contributed by atoms with Crippen molar-refractivity contribution in [3.05, 3.63) is 36.0 Å². The van der Waals surface area contributed by atoms with Gasteiger partial charge in [0, 0.05) is 25.3 Å². The van der Waals surface area contributed by atoms with Crippen LogP contribution in [0.15, 0.2) is 30.5 Å². The number of halogens is 3. The number of piperidine rings is 1. The van der Waals surface area contributed by atoms with E-state index >= 15 is 0 Å². The minimum Gasteiger partial charge on any atom is -0.467 e. The normalized spacial score (nSPS) is 17.3. The Morgan fingerprint density at radius 1 is 1.27 bits per heavy atom. The number of ether oxygens (including phenoxy) is 2. The van der Waals surface area contributed by atoms with Crippen LogP contribution in [0.5, 0.6) is 5.75 Å². The first-order chi connectivity index (χ1) is 14.5. The monoisotopic (exact) mass is 422 g/mol. The molecule has 0 aliphatic carbocycles. The molecule has 1 aliphatic rings. The SMILES string of the molecule is COCOc1cc(C(F)(F)F)ccc1-c1nnc(NC2CCCNC2)n2nccc12. The third-order valence-corrected chi connectivity index (χ3v) is 4.86. The molecule has 3 heterocycles. The topological polar surface area (TPSA) is 85.6 Å². The van der Waals surface area contributed by atoms with E-state index in [0.29, 0.717) is 22.7 Å². The third-order valence-electron chi connectivity index (χ3n) is 4.86.